The smallest absolute Gasteiger partial charge is 0.159 e. The standard InChI is InChI=1S/C18H17NO2/c19-14-8-10-16(11-9-14)21-18-12-15(20)6-3-5-13-4-1-2-7-17(13)18/h1-2,4,7-12H,3,5-6,19H2. The highest BCUT2D eigenvalue weighted by molar-refractivity contribution is 5.96. The number of nitrogens with two attached hydrogens (primary N) is 1. The Hall–Kier alpha value is -2.55. The third-order valence-corrected chi connectivity index (χ3v) is 3.55. The molecular weight excluding hydrogens is 262 g/mol. The molecule has 21 heavy (non-hydrogen) atoms. The number of benzene rings is 2. The molecule has 1 aliphatic rings. The van der Waals surface area contributed by atoms with Gasteiger partial charge >= 0.3 is 0 Å². The summed E-state index contributed by atoms with van der Waals surface area (Å²) in [6, 6.07) is 15.2. The summed E-state index contributed by atoms with van der Waals surface area (Å²) in [7, 11) is 0. The number of anilines is 1. The Morgan fingerprint density at radius 1 is 0.952 bits per heavy atom. The normalized spacial score (nSPS) is 14.7. The van der Waals surface area contributed by atoms with E-state index in [-0.39, 0.29) is 5.78 Å². The number of hydrogen-bond acceptors (Lipinski definition) is 3. The molecule has 0 saturated heterocycles. The number of ketones is 1. The van der Waals surface area contributed by atoms with Gasteiger partial charge in [-0.3, -0.25) is 4.79 Å². The van der Waals surface area contributed by atoms with E-state index in [2.05, 4.69) is 6.07 Å². The molecule has 3 heteroatoms. The average molecular weight is 279 g/mol. The van der Waals surface area contributed by atoms with E-state index >= 15 is 0 Å². The van der Waals surface area contributed by atoms with Crippen LogP contribution in [0.1, 0.15) is 24.0 Å². The van der Waals surface area contributed by atoms with E-state index in [9.17, 15) is 4.79 Å². The largest absolute Gasteiger partial charge is 0.457 e. The Bertz CT molecular complexity index is 687. The highest BCUT2D eigenvalue weighted by atomic mass is 16.5. The predicted octanol–water partition coefficient (Wildman–Crippen LogP) is 3.59. The van der Waals surface area contributed by atoms with Crippen molar-refractivity contribution in [2.45, 2.75) is 19.3 Å². The summed E-state index contributed by atoms with van der Waals surface area (Å²) >= 11 is 0. The van der Waals surface area contributed by atoms with Crippen molar-refractivity contribution in [3.05, 3.63) is 65.7 Å². The highest BCUT2D eigenvalue weighted by Crippen LogP contribution is 2.27. The molecule has 0 atom stereocenters. The Balaban J connectivity index is 1.99. The molecule has 106 valence electrons. The molecule has 0 aromatic heterocycles. The fraction of sp³-hybridized carbons (Fsp3) is 0.167. The monoisotopic (exact) mass is 279 g/mol. The molecule has 0 aliphatic heterocycles. The average Bonchev–Trinajstić information content (AvgIpc) is 2.48. The Labute approximate surface area is 124 Å². The third-order valence-electron chi connectivity index (χ3n) is 3.55. The number of hydrogen-bond donors (Lipinski definition) is 1. The second kappa shape index (κ2) is 5.83. The molecule has 3 rings (SSSR count). The van der Waals surface area contributed by atoms with E-state index in [4.69, 9.17) is 10.5 Å². The Kier molecular flexibility index (Phi) is 3.73. The number of nitrogen functional groups attached to an aromatic ring is 1. The number of aryl methyl sites for hydroxylation is 1. The van der Waals surface area contributed by atoms with Gasteiger partial charge < -0.3 is 10.5 Å². The molecule has 2 aromatic rings. The summed E-state index contributed by atoms with van der Waals surface area (Å²) in [5, 5.41) is 0. The first kappa shape index (κ1) is 13.4. The van der Waals surface area contributed by atoms with Crippen LogP contribution in [0.2, 0.25) is 0 Å². The maximum atomic E-state index is 11.9. The summed E-state index contributed by atoms with van der Waals surface area (Å²) in [6.45, 7) is 0. The molecule has 0 radical (unpaired) electrons. The summed E-state index contributed by atoms with van der Waals surface area (Å²) in [4.78, 5) is 11.9. The van der Waals surface area contributed by atoms with Gasteiger partial charge in [0.05, 0.1) is 0 Å². The Morgan fingerprint density at radius 3 is 2.52 bits per heavy atom. The van der Waals surface area contributed by atoms with Gasteiger partial charge in [-0.15, -0.1) is 0 Å². The molecule has 0 saturated carbocycles. The van der Waals surface area contributed by atoms with Crippen molar-refractivity contribution in [2.75, 3.05) is 5.73 Å². The van der Waals surface area contributed by atoms with Gasteiger partial charge in [-0.25, -0.2) is 0 Å². The minimum Gasteiger partial charge on any atom is -0.457 e. The summed E-state index contributed by atoms with van der Waals surface area (Å²) in [5.74, 6) is 1.40. The summed E-state index contributed by atoms with van der Waals surface area (Å²) < 4.78 is 5.93. The zero-order valence-corrected chi connectivity index (χ0v) is 11.7. The molecule has 2 N–H and O–H groups in total. The topological polar surface area (TPSA) is 52.3 Å². The van der Waals surface area contributed by atoms with Crippen LogP contribution in [0, 0.1) is 0 Å². The number of carbonyl (C=O) groups is 1. The van der Waals surface area contributed by atoms with Crippen molar-refractivity contribution in [2.24, 2.45) is 0 Å². The fourth-order valence-corrected chi connectivity index (χ4v) is 2.48. The van der Waals surface area contributed by atoms with Crippen molar-refractivity contribution in [3.63, 3.8) is 0 Å². The van der Waals surface area contributed by atoms with E-state index in [1.807, 2.05) is 30.3 Å². The van der Waals surface area contributed by atoms with Crippen molar-refractivity contribution < 1.29 is 9.53 Å². The number of ether oxygens (including phenoxy) is 1. The number of fused-ring (bicyclic) bond motifs is 1. The van der Waals surface area contributed by atoms with Crippen molar-refractivity contribution in [1.29, 1.82) is 0 Å². The van der Waals surface area contributed by atoms with Gasteiger partial charge in [-0.1, -0.05) is 24.3 Å². The van der Waals surface area contributed by atoms with Crippen LogP contribution in [0.25, 0.3) is 5.76 Å². The molecule has 0 amide bonds. The van der Waals surface area contributed by atoms with Gasteiger partial charge in [-0.05, 0) is 42.7 Å². The maximum absolute atomic E-state index is 11.9. The van der Waals surface area contributed by atoms with Crippen LogP contribution in [0.5, 0.6) is 5.75 Å². The SMILES string of the molecule is Nc1ccc(OC2=CC(=O)CCCc3ccccc32)cc1. The van der Waals surface area contributed by atoms with Crippen molar-refractivity contribution in [1.82, 2.24) is 0 Å². The highest BCUT2D eigenvalue weighted by Gasteiger charge is 2.15. The first-order valence-corrected chi connectivity index (χ1v) is 7.08. The first-order valence-electron chi connectivity index (χ1n) is 7.08. The van der Waals surface area contributed by atoms with E-state index in [1.54, 1.807) is 18.2 Å². The zero-order chi connectivity index (χ0) is 14.7. The molecule has 0 fully saturated rings. The minimum absolute atomic E-state index is 0.106. The van der Waals surface area contributed by atoms with Gasteiger partial charge in [0.2, 0.25) is 0 Å². The van der Waals surface area contributed by atoms with Crippen LogP contribution in [-0.4, -0.2) is 5.78 Å². The lowest BCUT2D eigenvalue weighted by molar-refractivity contribution is -0.114. The quantitative estimate of drug-likeness (QED) is 0.855. The van der Waals surface area contributed by atoms with Crippen molar-refractivity contribution >= 4 is 17.2 Å². The lowest BCUT2D eigenvalue weighted by Gasteiger charge is -2.16. The van der Waals surface area contributed by atoms with Crippen LogP contribution in [0.4, 0.5) is 5.69 Å². The number of rotatable bonds is 2. The molecule has 1 aliphatic carbocycles. The summed E-state index contributed by atoms with van der Waals surface area (Å²) in [5.41, 5.74) is 8.57. The second-order valence-electron chi connectivity index (χ2n) is 5.16. The van der Waals surface area contributed by atoms with Crippen LogP contribution in [0.15, 0.2) is 54.6 Å². The van der Waals surface area contributed by atoms with Crippen molar-refractivity contribution in [3.8, 4) is 5.75 Å². The van der Waals surface area contributed by atoms with Gasteiger partial charge in [0.1, 0.15) is 11.5 Å². The van der Waals surface area contributed by atoms with Gasteiger partial charge in [0, 0.05) is 23.7 Å². The predicted molar refractivity (Wildman–Crippen MR) is 83.8 cm³/mol. The molecule has 0 unspecified atom stereocenters. The lowest BCUT2D eigenvalue weighted by Crippen LogP contribution is -2.07. The van der Waals surface area contributed by atoms with Crippen LogP contribution < -0.4 is 10.5 Å². The summed E-state index contributed by atoms with van der Waals surface area (Å²) in [6.07, 6.45) is 3.93. The fourth-order valence-electron chi connectivity index (χ4n) is 2.48. The molecular formula is C18H17NO2. The molecule has 0 spiro atoms. The molecule has 2 aromatic carbocycles. The number of carbonyl (C=O) groups excluding carboxylic acids is 1. The second-order valence-corrected chi connectivity index (χ2v) is 5.16. The van der Waals surface area contributed by atoms with Crippen LogP contribution in [-0.2, 0) is 11.2 Å². The zero-order valence-electron chi connectivity index (χ0n) is 11.7. The van der Waals surface area contributed by atoms with Gasteiger partial charge in [0.25, 0.3) is 0 Å². The van der Waals surface area contributed by atoms with E-state index in [0.29, 0.717) is 23.6 Å². The van der Waals surface area contributed by atoms with E-state index < -0.39 is 0 Å². The van der Waals surface area contributed by atoms with E-state index in [0.717, 1.165) is 18.4 Å². The third kappa shape index (κ3) is 3.14. The first-order chi connectivity index (χ1) is 10.2. The van der Waals surface area contributed by atoms with Gasteiger partial charge in [-0.2, -0.15) is 0 Å². The maximum Gasteiger partial charge on any atom is 0.159 e. The Morgan fingerprint density at radius 2 is 1.71 bits per heavy atom. The molecule has 0 heterocycles. The van der Waals surface area contributed by atoms with Crippen LogP contribution >= 0.6 is 0 Å². The van der Waals surface area contributed by atoms with E-state index in [1.165, 1.54) is 5.56 Å². The van der Waals surface area contributed by atoms with Crippen LogP contribution in [0.3, 0.4) is 0 Å². The lowest BCUT2D eigenvalue weighted by atomic mass is 9.96. The molecule has 3 nitrogen and oxygen atoms in total. The minimum atomic E-state index is 0.106. The van der Waals surface area contributed by atoms with Gasteiger partial charge in [0.15, 0.2) is 5.78 Å². The molecule has 0 bridgehead atoms. The number of allylic oxidation sites excluding steroid dienone is 1.